The summed E-state index contributed by atoms with van der Waals surface area (Å²) in [6.07, 6.45) is 3.93. The Balaban J connectivity index is 2.04. The molecule has 1 aromatic rings. The molecule has 0 spiro atoms. The highest BCUT2D eigenvalue weighted by molar-refractivity contribution is 5.82. The first-order chi connectivity index (χ1) is 8.70. The predicted molar refractivity (Wildman–Crippen MR) is 67.7 cm³/mol. The second-order valence-corrected chi connectivity index (χ2v) is 4.71. The molecule has 18 heavy (non-hydrogen) atoms. The van der Waals surface area contributed by atoms with E-state index in [1.807, 2.05) is 17.0 Å². The van der Waals surface area contributed by atoms with Crippen molar-refractivity contribution in [3.63, 3.8) is 0 Å². The number of amides is 1. The number of piperazine rings is 1. The van der Waals surface area contributed by atoms with Gasteiger partial charge in [-0.25, -0.2) is 0 Å². The van der Waals surface area contributed by atoms with Gasteiger partial charge in [0.2, 0.25) is 5.91 Å². The lowest BCUT2D eigenvalue weighted by molar-refractivity contribution is -0.138. The number of hydrogen-bond donors (Lipinski definition) is 2. The molecule has 0 aromatic carbocycles. The van der Waals surface area contributed by atoms with Gasteiger partial charge in [-0.2, -0.15) is 0 Å². The summed E-state index contributed by atoms with van der Waals surface area (Å²) in [7, 11) is 0. The van der Waals surface area contributed by atoms with Gasteiger partial charge >= 0.3 is 0 Å². The molecule has 1 aliphatic rings. The van der Waals surface area contributed by atoms with Crippen LogP contribution in [-0.2, 0) is 11.3 Å². The van der Waals surface area contributed by atoms with Gasteiger partial charge in [-0.3, -0.25) is 9.78 Å². The first-order valence-corrected chi connectivity index (χ1v) is 6.25. The summed E-state index contributed by atoms with van der Waals surface area (Å²) in [5.41, 5.74) is 1.08. The molecule has 0 aliphatic carbocycles. The third-order valence-electron chi connectivity index (χ3n) is 3.13. The Morgan fingerprint density at radius 1 is 1.50 bits per heavy atom. The first kappa shape index (κ1) is 13.0. The zero-order chi connectivity index (χ0) is 13.0. The summed E-state index contributed by atoms with van der Waals surface area (Å²) in [6, 6.07) is 3.82. The van der Waals surface area contributed by atoms with Crippen molar-refractivity contribution in [2.75, 3.05) is 13.2 Å². The number of nitrogens with zero attached hydrogens (tertiary/aromatic N) is 2. The monoisotopic (exact) mass is 249 g/mol. The number of aliphatic hydroxyl groups is 1. The summed E-state index contributed by atoms with van der Waals surface area (Å²) >= 11 is 0. The third-order valence-corrected chi connectivity index (χ3v) is 3.13. The van der Waals surface area contributed by atoms with Crippen LogP contribution < -0.4 is 5.32 Å². The molecule has 1 aliphatic heterocycles. The average molecular weight is 249 g/mol. The molecule has 98 valence electrons. The number of hydrogen-bond acceptors (Lipinski definition) is 4. The molecular formula is C13H19N3O2. The van der Waals surface area contributed by atoms with Crippen LogP contribution in [0.5, 0.6) is 0 Å². The van der Waals surface area contributed by atoms with Crippen LogP contribution in [0.15, 0.2) is 24.5 Å². The van der Waals surface area contributed by atoms with Crippen molar-refractivity contribution in [3.8, 4) is 0 Å². The Labute approximate surface area is 107 Å². The molecule has 2 atom stereocenters. The number of aliphatic hydroxyl groups excluding tert-OH is 1. The van der Waals surface area contributed by atoms with E-state index in [2.05, 4.69) is 17.2 Å². The van der Waals surface area contributed by atoms with Gasteiger partial charge in [0.15, 0.2) is 0 Å². The zero-order valence-corrected chi connectivity index (χ0v) is 10.5. The minimum absolute atomic E-state index is 0.0270. The summed E-state index contributed by atoms with van der Waals surface area (Å²) in [5, 5.41) is 12.2. The largest absolute Gasteiger partial charge is 0.396 e. The van der Waals surface area contributed by atoms with Gasteiger partial charge in [-0.15, -0.1) is 0 Å². The molecule has 5 heteroatoms. The molecule has 0 bridgehead atoms. The van der Waals surface area contributed by atoms with E-state index in [0.717, 1.165) is 5.56 Å². The van der Waals surface area contributed by atoms with Crippen LogP contribution in [0, 0.1) is 0 Å². The molecule has 1 fully saturated rings. The average Bonchev–Trinajstić information content (AvgIpc) is 2.36. The topological polar surface area (TPSA) is 65.5 Å². The van der Waals surface area contributed by atoms with Crippen LogP contribution >= 0.6 is 0 Å². The van der Waals surface area contributed by atoms with Gasteiger partial charge in [-0.1, -0.05) is 0 Å². The summed E-state index contributed by atoms with van der Waals surface area (Å²) in [4.78, 5) is 18.0. The lowest BCUT2D eigenvalue weighted by Crippen LogP contribution is -2.58. The number of aromatic nitrogens is 1. The smallest absolute Gasteiger partial charge is 0.240 e. The summed E-state index contributed by atoms with van der Waals surface area (Å²) in [6.45, 7) is 3.38. The van der Waals surface area contributed by atoms with Crippen molar-refractivity contribution >= 4 is 5.91 Å². The van der Waals surface area contributed by atoms with E-state index in [1.54, 1.807) is 12.4 Å². The van der Waals surface area contributed by atoms with Crippen molar-refractivity contribution < 1.29 is 9.90 Å². The Morgan fingerprint density at radius 3 is 2.89 bits per heavy atom. The molecule has 2 rings (SSSR count). The van der Waals surface area contributed by atoms with E-state index in [4.69, 9.17) is 5.11 Å². The predicted octanol–water partition coefficient (Wildman–Crippen LogP) is 0.153. The lowest BCUT2D eigenvalue weighted by Gasteiger charge is -2.37. The molecule has 2 N–H and O–H groups in total. The Hall–Kier alpha value is -1.46. The van der Waals surface area contributed by atoms with Crippen LogP contribution in [0.4, 0.5) is 0 Å². The van der Waals surface area contributed by atoms with Crippen LogP contribution in [0.3, 0.4) is 0 Å². The highest BCUT2D eigenvalue weighted by Gasteiger charge is 2.31. The lowest BCUT2D eigenvalue weighted by atomic mass is 10.1. The fraction of sp³-hybridized carbons (Fsp3) is 0.538. The van der Waals surface area contributed by atoms with Crippen LogP contribution in [0.1, 0.15) is 18.9 Å². The maximum atomic E-state index is 12.2. The molecule has 2 heterocycles. The molecule has 1 saturated heterocycles. The fourth-order valence-corrected chi connectivity index (χ4v) is 2.30. The van der Waals surface area contributed by atoms with E-state index in [0.29, 0.717) is 19.5 Å². The molecule has 1 aromatic heterocycles. The van der Waals surface area contributed by atoms with Gasteiger partial charge in [0, 0.05) is 38.1 Å². The quantitative estimate of drug-likeness (QED) is 0.797. The Morgan fingerprint density at radius 2 is 2.22 bits per heavy atom. The fourth-order valence-electron chi connectivity index (χ4n) is 2.30. The molecule has 0 saturated carbocycles. The highest BCUT2D eigenvalue weighted by atomic mass is 16.3. The van der Waals surface area contributed by atoms with Crippen LogP contribution in [0.25, 0.3) is 0 Å². The second-order valence-electron chi connectivity index (χ2n) is 4.71. The maximum Gasteiger partial charge on any atom is 0.240 e. The van der Waals surface area contributed by atoms with Crippen molar-refractivity contribution in [2.45, 2.75) is 32.0 Å². The Kier molecular flexibility index (Phi) is 4.28. The van der Waals surface area contributed by atoms with Crippen LogP contribution in [-0.4, -0.2) is 46.1 Å². The minimum Gasteiger partial charge on any atom is -0.396 e. The number of carbonyl (C=O) groups is 1. The molecule has 2 unspecified atom stereocenters. The zero-order valence-electron chi connectivity index (χ0n) is 10.5. The van der Waals surface area contributed by atoms with E-state index in [1.165, 1.54) is 0 Å². The van der Waals surface area contributed by atoms with Gasteiger partial charge in [0.25, 0.3) is 0 Å². The number of carbonyl (C=O) groups excluding carboxylic acids is 1. The maximum absolute atomic E-state index is 12.2. The highest BCUT2D eigenvalue weighted by Crippen LogP contribution is 2.12. The molecule has 0 radical (unpaired) electrons. The van der Waals surface area contributed by atoms with Crippen molar-refractivity contribution in [1.29, 1.82) is 0 Å². The van der Waals surface area contributed by atoms with Gasteiger partial charge in [0.1, 0.15) is 0 Å². The van der Waals surface area contributed by atoms with Gasteiger partial charge < -0.3 is 15.3 Å². The van der Waals surface area contributed by atoms with Gasteiger partial charge in [0.05, 0.1) is 6.04 Å². The van der Waals surface area contributed by atoms with E-state index >= 15 is 0 Å². The van der Waals surface area contributed by atoms with Crippen LogP contribution in [0.2, 0.25) is 0 Å². The second kappa shape index (κ2) is 5.93. The van der Waals surface area contributed by atoms with E-state index in [-0.39, 0.29) is 24.6 Å². The van der Waals surface area contributed by atoms with Crippen molar-refractivity contribution in [1.82, 2.24) is 15.2 Å². The number of pyridine rings is 1. The normalized spacial score (nSPS) is 24.3. The summed E-state index contributed by atoms with van der Waals surface area (Å²) in [5.74, 6) is 0.0685. The van der Waals surface area contributed by atoms with Crippen molar-refractivity contribution in [3.05, 3.63) is 30.1 Å². The van der Waals surface area contributed by atoms with Crippen molar-refractivity contribution in [2.24, 2.45) is 0 Å². The Bertz CT molecular complexity index is 396. The summed E-state index contributed by atoms with van der Waals surface area (Å²) < 4.78 is 0. The molecule has 1 amide bonds. The SMILES string of the molecule is CC1CN(Cc2ccncc2)C(=O)C(CCO)N1. The molecule has 5 nitrogen and oxygen atoms in total. The molecular weight excluding hydrogens is 230 g/mol. The number of nitrogens with one attached hydrogen (secondary N) is 1. The van der Waals surface area contributed by atoms with E-state index in [9.17, 15) is 4.79 Å². The third kappa shape index (κ3) is 3.05. The first-order valence-electron chi connectivity index (χ1n) is 6.25. The van der Waals surface area contributed by atoms with E-state index < -0.39 is 0 Å². The minimum atomic E-state index is -0.263. The van der Waals surface area contributed by atoms with Gasteiger partial charge in [-0.05, 0) is 31.0 Å². The standard InChI is InChI=1S/C13H19N3O2/c1-10-8-16(9-11-2-5-14-6-3-11)13(18)12(15-10)4-7-17/h2-3,5-6,10,12,15,17H,4,7-9H2,1H3. The number of rotatable bonds is 4.